The molecule has 112 valence electrons. The Hall–Kier alpha value is -1.40. The smallest absolute Gasteiger partial charge is 0.329 e. The molecule has 2 N–H and O–H groups in total. The maximum absolute atomic E-state index is 11.6. The monoisotopic (exact) mass is 298 g/mol. The van der Waals surface area contributed by atoms with Crippen LogP contribution in [-0.4, -0.2) is 31.6 Å². The second-order valence-electron chi connectivity index (χ2n) is 4.92. The molecule has 0 spiro atoms. The van der Waals surface area contributed by atoms with Gasteiger partial charge in [-0.15, -0.1) is 11.3 Å². The van der Waals surface area contributed by atoms with Gasteiger partial charge in [0.05, 0.1) is 7.11 Å². The predicted octanol–water partition coefficient (Wildman–Crippen LogP) is 1.71. The molecule has 2 unspecified atom stereocenters. The number of amides is 1. The highest BCUT2D eigenvalue weighted by Crippen LogP contribution is 2.25. The van der Waals surface area contributed by atoms with Gasteiger partial charge in [-0.2, -0.15) is 0 Å². The van der Waals surface area contributed by atoms with Crippen LogP contribution in [-0.2, 0) is 14.3 Å². The van der Waals surface area contributed by atoms with Crippen LogP contribution in [0, 0.1) is 5.92 Å². The third-order valence-corrected chi connectivity index (χ3v) is 3.88. The molecule has 2 atom stereocenters. The standard InChI is InChI=1S/C14H22N2O3S/c1-9(2)13(12-6-5-7-20-12)15-8-11(14(18)19-4)16-10(3)17/h5-7,9,11,13,15H,8H2,1-4H3,(H,16,17). The van der Waals surface area contributed by atoms with Crippen molar-refractivity contribution in [2.24, 2.45) is 5.92 Å². The lowest BCUT2D eigenvalue weighted by molar-refractivity contribution is -0.144. The van der Waals surface area contributed by atoms with E-state index in [4.69, 9.17) is 4.74 Å². The van der Waals surface area contributed by atoms with Crippen LogP contribution in [0.3, 0.4) is 0 Å². The first-order valence-electron chi connectivity index (χ1n) is 6.57. The molecule has 1 aromatic rings. The normalized spacial score (nSPS) is 13.8. The highest BCUT2D eigenvalue weighted by atomic mass is 32.1. The van der Waals surface area contributed by atoms with Crippen molar-refractivity contribution in [3.8, 4) is 0 Å². The number of hydrogen-bond acceptors (Lipinski definition) is 5. The summed E-state index contributed by atoms with van der Waals surface area (Å²) in [6.07, 6.45) is 0. The van der Waals surface area contributed by atoms with Gasteiger partial charge >= 0.3 is 5.97 Å². The molecule has 0 saturated heterocycles. The molecule has 1 heterocycles. The van der Waals surface area contributed by atoms with E-state index in [1.54, 1.807) is 11.3 Å². The Kier molecular flexibility index (Phi) is 6.67. The number of nitrogens with one attached hydrogen (secondary N) is 2. The minimum absolute atomic E-state index is 0.149. The minimum atomic E-state index is -0.668. The van der Waals surface area contributed by atoms with Crippen molar-refractivity contribution < 1.29 is 14.3 Å². The quantitative estimate of drug-likeness (QED) is 0.752. The van der Waals surface area contributed by atoms with Crippen LogP contribution >= 0.6 is 11.3 Å². The van der Waals surface area contributed by atoms with Crippen LogP contribution in [0.4, 0.5) is 0 Å². The van der Waals surface area contributed by atoms with Gasteiger partial charge in [-0.25, -0.2) is 4.79 Å². The average Bonchev–Trinajstić information content (AvgIpc) is 2.89. The largest absolute Gasteiger partial charge is 0.467 e. The molecule has 0 saturated carbocycles. The van der Waals surface area contributed by atoms with Gasteiger partial charge in [0.1, 0.15) is 6.04 Å². The van der Waals surface area contributed by atoms with Gasteiger partial charge in [-0.05, 0) is 17.4 Å². The van der Waals surface area contributed by atoms with Gasteiger partial charge in [-0.3, -0.25) is 4.79 Å². The molecule has 0 bridgehead atoms. The molecular formula is C14H22N2O3S. The molecule has 1 amide bonds. The molecule has 1 rings (SSSR count). The number of esters is 1. The zero-order chi connectivity index (χ0) is 15.1. The summed E-state index contributed by atoms with van der Waals surface area (Å²) < 4.78 is 4.71. The molecular weight excluding hydrogens is 276 g/mol. The number of rotatable bonds is 7. The van der Waals surface area contributed by atoms with E-state index in [-0.39, 0.29) is 11.9 Å². The van der Waals surface area contributed by atoms with Crippen LogP contribution in [0.25, 0.3) is 0 Å². The fraction of sp³-hybridized carbons (Fsp3) is 0.571. The van der Waals surface area contributed by atoms with Crippen molar-refractivity contribution in [2.75, 3.05) is 13.7 Å². The molecule has 1 aromatic heterocycles. The van der Waals surface area contributed by atoms with E-state index >= 15 is 0 Å². The zero-order valence-electron chi connectivity index (χ0n) is 12.3. The number of thiophene rings is 1. The van der Waals surface area contributed by atoms with E-state index in [0.717, 1.165) is 0 Å². The minimum Gasteiger partial charge on any atom is -0.467 e. The number of ether oxygens (including phenoxy) is 1. The Labute approximate surface area is 123 Å². The Balaban J connectivity index is 2.68. The summed E-state index contributed by atoms with van der Waals surface area (Å²) in [5.74, 6) is -0.315. The summed E-state index contributed by atoms with van der Waals surface area (Å²) >= 11 is 1.67. The van der Waals surface area contributed by atoms with E-state index in [1.165, 1.54) is 18.9 Å². The number of hydrogen-bond donors (Lipinski definition) is 2. The Morgan fingerprint density at radius 2 is 2.10 bits per heavy atom. The summed E-state index contributed by atoms with van der Waals surface area (Å²) in [6, 6.07) is 3.55. The van der Waals surface area contributed by atoms with Crippen LogP contribution in [0.15, 0.2) is 17.5 Å². The van der Waals surface area contributed by atoms with Crippen molar-refractivity contribution >= 4 is 23.2 Å². The van der Waals surface area contributed by atoms with Gasteiger partial charge in [0, 0.05) is 24.4 Å². The zero-order valence-corrected chi connectivity index (χ0v) is 13.1. The molecule has 6 heteroatoms. The molecule has 0 aliphatic heterocycles. The molecule has 0 aromatic carbocycles. The molecule has 5 nitrogen and oxygen atoms in total. The SMILES string of the molecule is COC(=O)C(CNC(c1cccs1)C(C)C)NC(C)=O. The first-order valence-corrected chi connectivity index (χ1v) is 7.45. The van der Waals surface area contributed by atoms with E-state index < -0.39 is 12.0 Å². The lowest BCUT2D eigenvalue weighted by Crippen LogP contribution is -2.48. The lowest BCUT2D eigenvalue weighted by Gasteiger charge is -2.24. The maximum atomic E-state index is 11.6. The number of carbonyl (C=O) groups is 2. The van der Waals surface area contributed by atoms with Crippen molar-refractivity contribution in [1.82, 2.24) is 10.6 Å². The third kappa shape index (κ3) is 4.94. The van der Waals surface area contributed by atoms with Crippen molar-refractivity contribution in [1.29, 1.82) is 0 Å². The van der Waals surface area contributed by atoms with Crippen molar-refractivity contribution in [3.05, 3.63) is 22.4 Å². The maximum Gasteiger partial charge on any atom is 0.329 e. The van der Waals surface area contributed by atoms with Gasteiger partial charge in [-0.1, -0.05) is 19.9 Å². The fourth-order valence-electron chi connectivity index (χ4n) is 1.96. The van der Waals surface area contributed by atoms with E-state index in [2.05, 4.69) is 30.5 Å². The van der Waals surface area contributed by atoms with Gasteiger partial charge < -0.3 is 15.4 Å². The lowest BCUT2D eigenvalue weighted by atomic mass is 10.0. The summed E-state index contributed by atoms with van der Waals surface area (Å²) in [6.45, 7) is 5.95. The fourth-order valence-corrected chi connectivity index (χ4v) is 2.93. The summed E-state index contributed by atoms with van der Waals surface area (Å²) in [5, 5.41) is 7.96. The molecule has 0 aliphatic carbocycles. The summed E-state index contributed by atoms with van der Waals surface area (Å²) in [5.41, 5.74) is 0. The van der Waals surface area contributed by atoms with E-state index in [9.17, 15) is 9.59 Å². The first-order chi connectivity index (χ1) is 9.45. The number of carbonyl (C=O) groups excluding carboxylic acids is 2. The van der Waals surface area contributed by atoms with Crippen LogP contribution < -0.4 is 10.6 Å². The van der Waals surface area contributed by atoms with Gasteiger partial charge in [0.25, 0.3) is 0 Å². The van der Waals surface area contributed by atoms with Gasteiger partial charge in [0.15, 0.2) is 0 Å². The highest BCUT2D eigenvalue weighted by molar-refractivity contribution is 7.10. The third-order valence-electron chi connectivity index (χ3n) is 2.92. The van der Waals surface area contributed by atoms with Gasteiger partial charge in [0.2, 0.25) is 5.91 Å². The molecule has 0 radical (unpaired) electrons. The molecule has 0 aliphatic rings. The van der Waals surface area contributed by atoms with Crippen molar-refractivity contribution in [2.45, 2.75) is 32.9 Å². The second-order valence-corrected chi connectivity index (χ2v) is 5.90. The summed E-state index contributed by atoms with van der Waals surface area (Å²) in [7, 11) is 1.32. The second kappa shape index (κ2) is 8.01. The van der Waals surface area contributed by atoms with Crippen molar-refractivity contribution in [3.63, 3.8) is 0 Å². The summed E-state index contributed by atoms with van der Waals surface area (Å²) in [4.78, 5) is 24.0. The van der Waals surface area contributed by atoms with Crippen LogP contribution in [0.2, 0.25) is 0 Å². The number of methoxy groups -OCH3 is 1. The molecule has 0 fully saturated rings. The van der Waals surface area contributed by atoms with Crippen LogP contribution in [0.5, 0.6) is 0 Å². The Morgan fingerprint density at radius 3 is 2.55 bits per heavy atom. The average molecular weight is 298 g/mol. The Bertz CT molecular complexity index is 432. The first kappa shape index (κ1) is 16.7. The van der Waals surface area contributed by atoms with Crippen LogP contribution in [0.1, 0.15) is 31.7 Å². The Morgan fingerprint density at radius 1 is 1.40 bits per heavy atom. The highest BCUT2D eigenvalue weighted by Gasteiger charge is 2.23. The topological polar surface area (TPSA) is 67.4 Å². The predicted molar refractivity (Wildman–Crippen MR) is 79.5 cm³/mol. The van der Waals surface area contributed by atoms with E-state index in [1.807, 2.05) is 11.4 Å². The molecule has 20 heavy (non-hydrogen) atoms. The van der Waals surface area contributed by atoms with E-state index in [0.29, 0.717) is 12.5 Å².